The van der Waals surface area contributed by atoms with E-state index in [4.69, 9.17) is 11.6 Å². The zero-order valence-corrected chi connectivity index (χ0v) is 11.0. The second-order valence-corrected chi connectivity index (χ2v) is 4.59. The van der Waals surface area contributed by atoms with Crippen molar-refractivity contribution in [2.45, 2.75) is 0 Å². The summed E-state index contributed by atoms with van der Waals surface area (Å²) in [5, 5.41) is 2.66. The molecule has 1 amide bonds. The Bertz CT molecular complexity index is 332. The highest BCUT2D eigenvalue weighted by atomic mass is 127. The number of halogens is 3. The van der Waals surface area contributed by atoms with E-state index < -0.39 is 0 Å². The Morgan fingerprint density at radius 3 is 2.85 bits per heavy atom. The van der Waals surface area contributed by atoms with Gasteiger partial charge in [0.05, 0.1) is 0 Å². The van der Waals surface area contributed by atoms with Crippen molar-refractivity contribution in [1.82, 2.24) is 0 Å². The van der Waals surface area contributed by atoms with Crippen molar-refractivity contribution in [2.24, 2.45) is 0 Å². The molecule has 1 aromatic rings. The van der Waals surface area contributed by atoms with Gasteiger partial charge in [0.15, 0.2) is 0 Å². The molecule has 1 rings (SSSR count). The average molecular weight is 374 g/mol. The number of anilines is 1. The van der Waals surface area contributed by atoms with Gasteiger partial charge in [-0.25, -0.2) is 0 Å². The van der Waals surface area contributed by atoms with Gasteiger partial charge in [-0.15, -0.1) is 11.6 Å². The lowest BCUT2D eigenvalue weighted by Gasteiger charge is -2.03. The van der Waals surface area contributed by atoms with Gasteiger partial charge >= 0.3 is 0 Å². The summed E-state index contributed by atoms with van der Waals surface area (Å²) in [7, 11) is 0. The summed E-state index contributed by atoms with van der Waals surface area (Å²) in [5.41, 5.74) is 0.748. The molecule has 0 heterocycles. The Morgan fingerprint density at radius 1 is 1.62 bits per heavy atom. The molecule has 0 aromatic heterocycles. The van der Waals surface area contributed by atoms with E-state index in [1.54, 1.807) is 0 Å². The van der Waals surface area contributed by atoms with Crippen LogP contribution in [0.5, 0.6) is 0 Å². The lowest BCUT2D eigenvalue weighted by atomic mass is 10.3. The zero-order chi connectivity index (χ0) is 9.84. The quantitative estimate of drug-likeness (QED) is 0.625. The molecule has 70 valence electrons. The molecule has 0 saturated carbocycles. The van der Waals surface area contributed by atoms with Crippen LogP contribution in [0.4, 0.5) is 5.69 Å². The van der Waals surface area contributed by atoms with E-state index in [-0.39, 0.29) is 11.8 Å². The van der Waals surface area contributed by atoms with Crippen LogP contribution in [0.15, 0.2) is 22.7 Å². The van der Waals surface area contributed by atoms with Crippen molar-refractivity contribution < 1.29 is 4.79 Å². The smallest absolute Gasteiger partial charge is 0.239 e. The topological polar surface area (TPSA) is 29.1 Å². The summed E-state index contributed by atoms with van der Waals surface area (Å²) < 4.78 is 2.06. The standard InChI is InChI=1S/C8H6BrClINO/c9-6-3-5(1-2-7(6)11)12-8(13)4-10/h1-3H,4H2,(H,12,13). The van der Waals surface area contributed by atoms with Crippen molar-refractivity contribution in [3.8, 4) is 0 Å². The maximum atomic E-state index is 10.9. The van der Waals surface area contributed by atoms with Gasteiger partial charge < -0.3 is 5.32 Å². The Hall–Kier alpha value is 0.190. The molecule has 0 unspecified atom stereocenters. The number of carbonyl (C=O) groups is 1. The van der Waals surface area contributed by atoms with Crippen molar-refractivity contribution in [1.29, 1.82) is 0 Å². The average Bonchev–Trinajstić information content (AvgIpc) is 2.11. The van der Waals surface area contributed by atoms with Crippen LogP contribution >= 0.6 is 50.1 Å². The molecular weight excluding hydrogens is 368 g/mol. The first-order valence-electron chi connectivity index (χ1n) is 3.44. The highest BCUT2D eigenvalue weighted by molar-refractivity contribution is 14.1. The number of hydrogen-bond donors (Lipinski definition) is 1. The molecule has 0 bridgehead atoms. The van der Waals surface area contributed by atoms with Crippen molar-refractivity contribution in [3.05, 3.63) is 26.2 Å². The molecule has 2 nitrogen and oxygen atoms in total. The zero-order valence-electron chi connectivity index (χ0n) is 6.48. The normalized spacial score (nSPS) is 9.77. The first-order valence-corrected chi connectivity index (χ1v) is 5.85. The minimum Gasteiger partial charge on any atom is -0.325 e. The van der Waals surface area contributed by atoms with Crippen LogP contribution in [-0.4, -0.2) is 11.8 Å². The molecule has 0 aliphatic rings. The maximum Gasteiger partial charge on any atom is 0.239 e. The molecule has 13 heavy (non-hydrogen) atoms. The highest BCUT2D eigenvalue weighted by Gasteiger charge is 2.01. The van der Waals surface area contributed by atoms with E-state index in [1.165, 1.54) is 0 Å². The number of amides is 1. The monoisotopic (exact) mass is 373 g/mol. The summed E-state index contributed by atoms with van der Waals surface area (Å²) in [6, 6.07) is 5.58. The largest absolute Gasteiger partial charge is 0.325 e. The summed E-state index contributed by atoms with van der Waals surface area (Å²) in [5.74, 6) is -0.223. The molecule has 0 atom stereocenters. The fraction of sp³-hybridized carbons (Fsp3) is 0.125. The minimum absolute atomic E-state index is 0.0242. The molecule has 0 aliphatic carbocycles. The predicted octanol–water partition coefficient (Wildman–Crippen LogP) is 3.23. The van der Waals surface area contributed by atoms with Crippen molar-refractivity contribution >= 4 is 61.7 Å². The fourth-order valence-corrected chi connectivity index (χ4v) is 1.55. The summed E-state index contributed by atoms with van der Waals surface area (Å²) in [6.07, 6.45) is 0. The van der Waals surface area contributed by atoms with E-state index >= 15 is 0 Å². The van der Waals surface area contributed by atoms with Gasteiger partial charge in [0, 0.05) is 13.7 Å². The van der Waals surface area contributed by atoms with Gasteiger partial charge in [0.25, 0.3) is 0 Å². The molecule has 1 N–H and O–H groups in total. The van der Waals surface area contributed by atoms with Gasteiger partial charge in [-0.2, -0.15) is 0 Å². The fourth-order valence-electron chi connectivity index (χ4n) is 0.768. The lowest BCUT2D eigenvalue weighted by molar-refractivity contribution is -0.113. The number of nitrogens with one attached hydrogen (secondary N) is 1. The first kappa shape index (κ1) is 11.3. The van der Waals surface area contributed by atoms with Gasteiger partial charge in [-0.05, 0) is 56.7 Å². The van der Waals surface area contributed by atoms with Crippen molar-refractivity contribution in [3.63, 3.8) is 0 Å². The molecular formula is C8H6BrClINO. The van der Waals surface area contributed by atoms with Crippen LogP contribution in [0.3, 0.4) is 0 Å². The number of benzene rings is 1. The van der Waals surface area contributed by atoms with E-state index in [0.717, 1.165) is 13.7 Å². The van der Waals surface area contributed by atoms with E-state index in [9.17, 15) is 4.79 Å². The van der Waals surface area contributed by atoms with Crippen LogP contribution in [0.2, 0.25) is 0 Å². The van der Waals surface area contributed by atoms with E-state index in [2.05, 4.69) is 43.8 Å². The van der Waals surface area contributed by atoms with Gasteiger partial charge in [0.2, 0.25) is 5.91 Å². The van der Waals surface area contributed by atoms with Crippen LogP contribution in [0, 0.1) is 3.57 Å². The van der Waals surface area contributed by atoms with Crippen LogP contribution in [0.25, 0.3) is 0 Å². The predicted molar refractivity (Wildman–Crippen MR) is 66.2 cm³/mol. The second-order valence-electron chi connectivity index (χ2n) is 2.31. The second kappa shape index (κ2) is 5.17. The number of hydrogen-bond acceptors (Lipinski definition) is 1. The Balaban J connectivity index is 2.79. The lowest BCUT2D eigenvalue weighted by Crippen LogP contribution is -2.12. The number of alkyl halides is 1. The van der Waals surface area contributed by atoms with Crippen LogP contribution < -0.4 is 5.32 Å². The molecule has 0 saturated heterocycles. The molecule has 0 fully saturated rings. The van der Waals surface area contributed by atoms with Gasteiger partial charge in [0.1, 0.15) is 5.88 Å². The van der Waals surface area contributed by atoms with Gasteiger partial charge in [-0.1, -0.05) is 0 Å². The number of rotatable bonds is 2. The van der Waals surface area contributed by atoms with E-state index in [0.29, 0.717) is 0 Å². The van der Waals surface area contributed by atoms with Crippen molar-refractivity contribution in [2.75, 3.05) is 11.2 Å². The highest BCUT2D eigenvalue weighted by Crippen LogP contribution is 2.22. The Labute approximate surface area is 103 Å². The number of carbonyl (C=O) groups excluding carboxylic acids is 1. The van der Waals surface area contributed by atoms with Gasteiger partial charge in [-0.3, -0.25) is 4.79 Å². The maximum absolute atomic E-state index is 10.9. The van der Waals surface area contributed by atoms with Crippen LogP contribution in [0.1, 0.15) is 0 Å². The minimum atomic E-state index is -0.199. The third kappa shape index (κ3) is 3.44. The van der Waals surface area contributed by atoms with Crippen LogP contribution in [-0.2, 0) is 4.79 Å². The third-order valence-electron chi connectivity index (χ3n) is 1.32. The first-order chi connectivity index (χ1) is 6.13. The summed E-state index contributed by atoms with van der Waals surface area (Å²) in [4.78, 5) is 10.9. The summed E-state index contributed by atoms with van der Waals surface area (Å²) >= 11 is 10.9. The summed E-state index contributed by atoms with van der Waals surface area (Å²) in [6.45, 7) is 0. The molecule has 5 heteroatoms. The Kier molecular flexibility index (Phi) is 4.48. The molecule has 1 aromatic carbocycles. The van der Waals surface area contributed by atoms with E-state index in [1.807, 2.05) is 18.2 Å². The molecule has 0 aliphatic heterocycles. The molecule has 0 spiro atoms. The Morgan fingerprint density at radius 2 is 2.31 bits per heavy atom. The molecule has 0 radical (unpaired) electrons. The third-order valence-corrected chi connectivity index (χ3v) is 3.91. The SMILES string of the molecule is O=C(CCl)Nc1ccc(I)c(Br)c1.